The Bertz CT molecular complexity index is 149. The first kappa shape index (κ1) is 6.33. The lowest BCUT2D eigenvalue weighted by atomic mass is 10.4. The highest BCUT2D eigenvalue weighted by Gasteiger charge is 2.10. The van der Waals surface area contributed by atoms with Gasteiger partial charge in [-0.1, -0.05) is 0 Å². The van der Waals surface area contributed by atoms with Crippen LogP contribution >= 0.6 is 0 Å². The van der Waals surface area contributed by atoms with Gasteiger partial charge in [-0.25, -0.2) is 4.79 Å². The van der Waals surface area contributed by atoms with Crippen molar-refractivity contribution in [2.24, 2.45) is 0 Å². The maximum Gasteiger partial charge on any atom is 0.148 e. The lowest BCUT2D eigenvalue weighted by Gasteiger charge is -2.24. The molecule has 0 spiro atoms. The minimum Gasteiger partial charge on any atom is -0.373 e. The average Bonchev–Trinajstić information content (AvgIpc) is 1.89. The molecule has 0 atom stereocenters. The van der Waals surface area contributed by atoms with Crippen LogP contribution in [-0.4, -0.2) is 37.6 Å². The van der Waals surface area contributed by atoms with Gasteiger partial charge >= 0.3 is 0 Å². The topological polar surface area (TPSA) is 29.5 Å². The highest BCUT2D eigenvalue weighted by Crippen LogP contribution is 2.02. The number of hydrogen-bond donors (Lipinski definition) is 0. The molecule has 0 bridgehead atoms. The van der Waals surface area contributed by atoms with Crippen molar-refractivity contribution in [1.82, 2.24) is 4.90 Å². The van der Waals surface area contributed by atoms with Crippen molar-refractivity contribution in [3.63, 3.8) is 0 Å². The summed E-state index contributed by atoms with van der Waals surface area (Å²) in [4.78, 5) is 11.9. The van der Waals surface area contributed by atoms with E-state index < -0.39 is 0 Å². The lowest BCUT2D eigenvalue weighted by molar-refractivity contribution is 0.0859. The zero-order chi connectivity index (χ0) is 6.69. The zero-order valence-corrected chi connectivity index (χ0v) is 5.39. The van der Waals surface area contributed by atoms with Crippen LogP contribution in [0.5, 0.6) is 0 Å². The Kier molecular flexibility index (Phi) is 1.88. The summed E-state index contributed by atoms with van der Waals surface area (Å²) in [5.74, 6) is 1.82. The molecule has 3 heteroatoms. The Labute approximate surface area is 53.9 Å². The fourth-order valence-electron chi connectivity index (χ4n) is 0.723. The summed E-state index contributed by atoms with van der Waals surface area (Å²) in [5, 5.41) is 0. The Balaban J connectivity index is 2.59. The molecule has 1 saturated heterocycles. The zero-order valence-electron chi connectivity index (χ0n) is 5.39. The molecule has 1 rings (SSSR count). The molecule has 0 saturated carbocycles. The predicted molar refractivity (Wildman–Crippen MR) is 32.7 cm³/mol. The van der Waals surface area contributed by atoms with Crippen LogP contribution in [0.2, 0.25) is 0 Å². The van der Waals surface area contributed by atoms with Crippen LogP contribution in [0, 0.1) is 0 Å². The molecule has 1 fully saturated rings. The van der Waals surface area contributed by atoms with E-state index in [1.54, 1.807) is 0 Å². The van der Waals surface area contributed by atoms with E-state index in [9.17, 15) is 4.79 Å². The molecule has 9 heavy (non-hydrogen) atoms. The van der Waals surface area contributed by atoms with Crippen LogP contribution in [0.1, 0.15) is 0 Å². The van der Waals surface area contributed by atoms with Crippen LogP contribution in [0.3, 0.4) is 0 Å². The molecule has 1 heterocycles. The highest BCUT2D eigenvalue weighted by molar-refractivity contribution is 5.51. The average molecular weight is 127 g/mol. The first-order chi connectivity index (χ1) is 4.34. The Morgan fingerprint density at radius 1 is 1.78 bits per heavy atom. The van der Waals surface area contributed by atoms with Crippen LogP contribution in [0.4, 0.5) is 0 Å². The summed E-state index contributed by atoms with van der Waals surface area (Å²) in [5.41, 5.74) is 0.612. The van der Waals surface area contributed by atoms with E-state index in [2.05, 4.69) is 0 Å². The van der Waals surface area contributed by atoms with E-state index in [1.807, 2.05) is 17.9 Å². The van der Waals surface area contributed by atoms with E-state index in [4.69, 9.17) is 4.74 Å². The number of morpholine rings is 1. The second-order valence-corrected chi connectivity index (χ2v) is 2.02. The van der Waals surface area contributed by atoms with Gasteiger partial charge in [0, 0.05) is 13.6 Å². The molecule has 0 aliphatic carbocycles. The molecule has 1 aliphatic rings. The summed E-state index contributed by atoms with van der Waals surface area (Å²) in [6.07, 6.45) is 0. The number of likely N-dealkylation sites (N-methyl/N-ethyl adjacent to an activating group) is 1. The second kappa shape index (κ2) is 2.67. The molecule has 0 amide bonds. The normalized spacial score (nSPS) is 19.7. The smallest absolute Gasteiger partial charge is 0.148 e. The van der Waals surface area contributed by atoms with Gasteiger partial charge in [0.15, 0.2) is 0 Å². The van der Waals surface area contributed by atoms with E-state index >= 15 is 0 Å². The van der Waals surface area contributed by atoms with E-state index in [0.717, 1.165) is 6.54 Å². The van der Waals surface area contributed by atoms with Gasteiger partial charge in [0.05, 0.1) is 13.2 Å². The van der Waals surface area contributed by atoms with E-state index in [1.165, 1.54) is 0 Å². The van der Waals surface area contributed by atoms with Gasteiger partial charge in [-0.2, -0.15) is 0 Å². The highest BCUT2D eigenvalue weighted by atomic mass is 16.5. The van der Waals surface area contributed by atoms with Crippen molar-refractivity contribution in [2.75, 3.05) is 26.8 Å². The minimum absolute atomic E-state index is 0.417. The summed E-state index contributed by atoms with van der Waals surface area (Å²) < 4.78 is 5.00. The fourth-order valence-corrected chi connectivity index (χ4v) is 0.723. The van der Waals surface area contributed by atoms with Gasteiger partial charge in [0.2, 0.25) is 0 Å². The van der Waals surface area contributed by atoms with Crippen LogP contribution < -0.4 is 0 Å². The number of nitrogens with zero attached hydrogens (tertiary/aromatic N) is 1. The molecule has 0 radical (unpaired) electrons. The van der Waals surface area contributed by atoms with Crippen molar-refractivity contribution in [3.8, 4) is 0 Å². The number of rotatable bonds is 0. The summed E-state index contributed by atoms with van der Waals surface area (Å²) in [6, 6.07) is 0. The fraction of sp³-hybridized carbons (Fsp3) is 0.667. The predicted octanol–water partition coefficient (Wildman–Crippen LogP) is -0.336. The largest absolute Gasteiger partial charge is 0.373 e. The Morgan fingerprint density at radius 2 is 2.56 bits per heavy atom. The van der Waals surface area contributed by atoms with Crippen molar-refractivity contribution in [3.05, 3.63) is 5.70 Å². The molecular weight excluding hydrogens is 118 g/mol. The third kappa shape index (κ3) is 1.31. The van der Waals surface area contributed by atoms with Crippen LogP contribution in [0.15, 0.2) is 5.70 Å². The molecule has 1 aliphatic heterocycles. The summed E-state index contributed by atoms with van der Waals surface area (Å²) >= 11 is 0. The molecule has 0 aromatic heterocycles. The monoisotopic (exact) mass is 127 g/mol. The number of carbonyl (C=O) groups excluding carboxylic acids is 1. The molecule has 0 unspecified atom stereocenters. The maximum atomic E-state index is 10.1. The van der Waals surface area contributed by atoms with E-state index in [-0.39, 0.29) is 0 Å². The molecule has 50 valence electrons. The standard InChI is InChI=1S/C6H9NO2/c1-7-2-3-9-5-6(7)4-8/h2-3,5H2,1H3. The van der Waals surface area contributed by atoms with Crippen molar-refractivity contribution in [1.29, 1.82) is 0 Å². The second-order valence-electron chi connectivity index (χ2n) is 2.02. The Morgan fingerprint density at radius 3 is 3.00 bits per heavy atom. The molecule has 0 aromatic carbocycles. The first-order valence-corrected chi connectivity index (χ1v) is 2.87. The van der Waals surface area contributed by atoms with Crippen molar-refractivity contribution in [2.45, 2.75) is 0 Å². The maximum absolute atomic E-state index is 10.1. The van der Waals surface area contributed by atoms with Gasteiger partial charge in [0.25, 0.3) is 0 Å². The van der Waals surface area contributed by atoms with Crippen LogP contribution in [-0.2, 0) is 9.53 Å². The first-order valence-electron chi connectivity index (χ1n) is 2.87. The van der Waals surface area contributed by atoms with Crippen molar-refractivity contribution < 1.29 is 9.53 Å². The summed E-state index contributed by atoms with van der Waals surface area (Å²) in [6.45, 7) is 1.92. The molecular formula is C6H9NO2. The SMILES string of the molecule is CN1CCOCC1=C=O. The van der Waals surface area contributed by atoms with Crippen LogP contribution in [0.25, 0.3) is 0 Å². The molecule has 0 aromatic rings. The lowest BCUT2D eigenvalue weighted by Crippen LogP contribution is -2.31. The third-order valence-electron chi connectivity index (χ3n) is 1.39. The van der Waals surface area contributed by atoms with Gasteiger partial charge < -0.3 is 9.64 Å². The third-order valence-corrected chi connectivity index (χ3v) is 1.39. The Hall–Kier alpha value is -0.790. The minimum atomic E-state index is 0.417. The number of ether oxygens (including phenoxy) is 1. The molecule has 3 nitrogen and oxygen atoms in total. The van der Waals surface area contributed by atoms with Gasteiger partial charge in [-0.3, -0.25) is 0 Å². The number of hydrogen-bond acceptors (Lipinski definition) is 3. The van der Waals surface area contributed by atoms with Gasteiger partial charge in [0.1, 0.15) is 11.6 Å². The quantitative estimate of drug-likeness (QED) is 0.417. The van der Waals surface area contributed by atoms with Crippen molar-refractivity contribution >= 4 is 5.94 Å². The van der Waals surface area contributed by atoms with Gasteiger partial charge in [-0.15, -0.1) is 0 Å². The van der Waals surface area contributed by atoms with E-state index in [0.29, 0.717) is 18.9 Å². The summed E-state index contributed by atoms with van der Waals surface area (Å²) in [7, 11) is 1.86. The molecule has 0 N–H and O–H groups in total. The van der Waals surface area contributed by atoms with Gasteiger partial charge in [-0.05, 0) is 0 Å².